The van der Waals surface area contributed by atoms with Gasteiger partial charge in [0.2, 0.25) is 0 Å². The maximum absolute atomic E-state index is 12.4. The van der Waals surface area contributed by atoms with Crippen molar-refractivity contribution in [3.05, 3.63) is 58.7 Å². The van der Waals surface area contributed by atoms with Crippen LogP contribution >= 0.6 is 11.6 Å². The van der Waals surface area contributed by atoms with Crippen LogP contribution < -0.4 is 10.6 Å². The zero-order chi connectivity index (χ0) is 18.9. The highest BCUT2D eigenvalue weighted by Gasteiger charge is 2.10. The topological polar surface area (TPSA) is 66.5 Å². The molecule has 1 aliphatic heterocycles. The van der Waals surface area contributed by atoms with Gasteiger partial charge < -0.3 is 15.4 Å². The van der Waals surface area contributed by atoms with E-state index in [2.05, 4.69) is 20.5 Å². The van der Waals surface area contributed by atoms with Crippen molar-refractivity contribution in [2.75, 3.05) is 51.3 Å². The fourth-order valence-corrected chi connectivity index (χ4v) is 3.03. The largest absolute Gasteiger partial charge is 0.379 e. The Labute approximate surface area is 164 Å². The number of morpholine rings is 1. The summed E-state index contributed by atoms with van der Waals surface area (Å²) in [7, 11) is 0. The maximum atomic E-state index is 12.4. The SMILES string of the molecule is O=C(NCCc1ccc(Cl)cc1)c1ccnc(NCCN2CCOCC2)c1. The molecule has 2 aromatic rings. The van der Waals surface area contributed by atoms with Gasteiger partial charge in [0.1, 0.15) is 5.82 Å². The third-order valence-electron chi connectivity index (χ3n) is 4.47. The van der Waals surface area contributed by atoms with E-state index in [-0.39, 0.29) is 5.91 Å². The summed E-state index contributed by atoms with van der Waals surface area (Å²) in [4.78, 5) is 19.0. The van der Waals surface area contributed by atoms with E-state index < -0.39 is 0 Å². The van der Waals surface area contributed by atoms with E-state index in [0.717, 1.165) is 51.4 Å². The minimum absolute atomic E-state index is 0.0948. The van der Waals surface area contributed by atoms with Crippen molar-refractivity contribution in [2.24, 2.45) is 0 Å². The zero-order valence-electron chi connectivity index (χ0n) is 15.3. The zero-order valence-corrected chi connectivity index (χ0v) is 16.0. The van der Waals surface area contributed by atoms with Crippen LogP contribution in [0.3, 0.4) is 0 Å². The second kappa shape index (κ2) is 10.3. The number of aromatic nitrogens is 1. The predicted molar refractivity (Wildman–Crippen MR) is 107 cm³/mol. The van der Waals surface area contributed by atoms with Gasteiger partial charge in [-0.2, -0.15) is 0 Å². The molecule has 27 heavy (non-hydrogen) atoms. The third kappa shape index (κ3) is 6.50. The number of amides is 1. The summed E-state index contributed by atoms with van der Waals surface area (Å²) in [6.45, 7) is 5.81. The molecule has 1 aromatic heterocycles. The third-order valence-corrected chi connectivity index (χ3v) is 4.72. The predicted octanol–water partition coefficient (Wildman–Crippen LogP) is 2.45. The summed E-state index contributed by atoms with van der Waals surface area (Å²) in [5, 5.41) is 6.95. The molecule has 0 unspecified atom stereocenters. The Kier molecular flexibility index (Phi) is 7.45. The second-order valence-corrected chi connectivity index (χ2v) is 6.88. The Morgan fingerprint density at radius 3 is 2.70 bits per heavy atom. The van der Waals surface area contributed by atoms with Gasteiger partial charge in [0.15, 0.2) is 0 Å². The van der Waals surface area contributed by atoms with Gasteiger partial charge in [-0.05, 0) is 36.2 Å². The molecule has 6 nitrogen and oxygen atoms in total. The quantitative estimate of drug-likeness (QED) is 0.727. The molecule has 2 N–H and O–H groups in total. The lowest BCUT2D eigenvalue weighted by Gasteiger charge is -2.26. The number of ether oxygens (including phenoxy) is 1. The smallest absolute Gasteiger partial charge is 0.251 e. The van der Waals surface area contributed by atoms with Crippen molar-refractivity contribution in [1.82, 2.24) is 15.2 Å². The molecule has 3 rings (SSSR count). The van der Waals surface area contributed by atoms with Crippen LogP contribution in [-0.2, 0) is 11.2 Å². The minimum Gasteiger partial charge on any atom is -0.379 e. The summed E-state index contributed by atoms with van der Waals surface area (Å²) < 4.78 is 5.35. The average molecular weight is 389 g/mol. The van der Waals surface area contributed by atoms with Crippen molar-refractivity contribution in [2.45, 2.75) is 6.42 Å². The molecular formula is C20H25ClN4O2. The number of pyridine rings is 1. The summed E-state index contributed by atoms with van der Waals surface area (Å²) in [5.74, 6) is 0.621. The summed E-state index contributed by atoms with van der Waals surface area (Å²) in [5.41, 5.74) is 1.75. The Morgan fingerprint density at radius 1 is 1.15 bits per heavy atom. The van der Waals surface area contributed by atoms with Crippen molar-refractivity contribution < 1.29 is 9.53 Å². The molecule has 1 fully saturated rings. The molecule has 0 saturated carbocycles. The van der Waals surface area contributed by atoms with Gasteiger partial charge in [-0.15, -0.1) is 0 Å². The molecule has 0 aliphatic carbocycles. The van der Waals surface area contributed by atoms with E-state index in [1.54, 1.807) is 18.3 Å². The number of rotatable bonds is 8. The Morgan fingerprint density at radius 2 is 1.93 bits per heavy atom. The van der Waals surface area contributed by atoms with E-state index in [4.69, 9.17) is 16.3 Å². The standard InChI is InChI=1S/C20H25ClN4O2/c21-18-3-1-16(2-4-18)5-7-24-20(26)17-6-8-22-19(15-17)23-9-10-25-11-13-27-14-12-25/h1-4,6,8,15H,5,7,9-14H2,(H,22,23)(H,24,26). The van der Waals surface area contributed by atoms with Crippen molar-refractivity contribution >= 4 is 23.3 Å². The van der Waals surface area contributed by atoms with E-state index in [1.165, 1.54) is 0 Å². The lowest BCUT2D eigenvalue weighted by molar-refractivity contribution is 0.0398. The molecule has 0 atom stereocenters. The number of hydrogen-bond acceptors (Lipinski definition) is 5. The Hall–Kier alpha value is -2.15. The van der Waals surface area contributed by atoms with Gasteiger partial charge in [0, 0.05) is 49.5 Å². The first kappa shape index (κ1) is 19.6. The first-order valence-electron chi connectivity index (χ1n) is 9.23. The summed E-state index contributed by atoms with van der Waals surface area (Å²) >= 11 is 5.88. The number of nitrogens with zero attached hydrogens (tertiary/aromatic N) is 2. The van der Waals surface area contributed by atoms with Crippen LogP contribution in [0.5, 0.6) is 0 Å². The number of halogens is 1. The lowest BCUT2D eigenvalue weighted by Crippen LogP contribution is -2.39. The molecule has 0 bridgehead atoms. The van der Waals surface area contributed by atoms with Gasteiger partial charge in [-0.25, -0.2) is 4.98 Å². The number of carbonyl (C=O) groups is 1. The summed E-state index contributed by atoms with van der Waals surface area (Å²) in [6, 6.07) is 11.2. The lowest BCUT2D eigenvalue weighted by atomic mass is 10.1. The van der Waals surface area contributed by atoms with Crippen molar-refractivity contribution in [3.63, 3.8) is 0 Å². The number of carbonyl (C=O) groups excluding carboxylic acids is 1. The van der Waals surface area contributed by atoms with E-state index in [9.17, 15) is 4.79 Å². The average Bonchev–Trinajstić information content (AvgIpc) is 2.70. The second-order valence-electron chi connectivity index (χ2n) is 6.44. The molecule has 1 aromatic carbocycles. The molecule has 2 heterocycles. The highest BCUT2D eigenvalue weighted by Crippen LogP contribution is 2.10. The molecular weight excluding hydrogens is 364 g/mol. The van der Waals surface area contributed by atoms with Gasteiger partial charge in [0.25, 0.3) is 5.91 Å². The molecule has 7 heteroatoms. The van der Waals surface area contributed by atoms with Crippen LogP contribution in [0.25, 0.3) is 0 Å². The fraction of sp³-hybridized carbons (Fsp3) is 0.400. The van der Waals surface area contributed by atoms with E-state index in [0.29, 0.717) is 22.9 Å². The molecule has 0 spiro atoms. The molecule has 1 aliphatic rings. The highest BCUT2D eigenvalue weighted by molar-refractivity contribution is 6.30. The van der Waals surface area contributed by atoms with Crippen LogP contribution in [0.1, 0.15) is 15.9 Å². The highest BCUT2D eigenvalue weighted by atomic mass is 35.5. The van der Waals surface area contributed by atoms with Crippen LogP contribution in [0, 0.1) is 0 Å². The number of nitrogens with one attached hydrogen (secondary N) is 2. The van der Waals surface area contributed by atoms with E-state index in [1.807, 2.05) is 24.3 Å². The van der Waals surface area contributed by atoms with Gasteiger partial charge in [0.05, 0.1) is 13.2 Å². The first-order valence-corrected chi connectivity index (χ1v) is 9.61. The molecule has 0 radical (unpaired) electrons. The van der Waals surface area contributed by atoms with E-state index >= 15 is 0 Å². The van der Waals surface area contributed by atoms with Gasteiger partial charge >= 0.3 is 0 Å². The monoisotopic (exact) mass is 388 g/mol. The summed E-state index contributed by atoms with van der Waals surface area (Å²) in [6.07, 6.45) is 2.42. The van der Waals surface area contributed by atoms with Crippen LogP contribution in [0.2, 0.25) is 5.02 Å². The Bertz CT molecular complexity index is 733. The van der Waals surface area contributed by atoms with Crippen LogP contribution in [-0.4, -0.2) is 61.7 Å². The van der Waals surface area contributed by atoms with Crippen molar-refractivity contribution in [3.8, 4) is 0 Å². The fourth-order valence-electron chi connectivity index (χ4n) is 2.91. The molecule has 1 amide bonds. The minimum atomic E-state index is -0.0948. The van der Waals surface area contributed by atoms with Gasteiger partial charge in [-0.1, -0.05) is 23.7 Å². The van der Waals surface area contributed by atoms with Crippen molar-refractivity contribution in [1.29, 1.82) is 0 Å². The number of hydrogen-bond donors (Lipinski definition) is 2. The Balaban J connectivity index is 1.42. The first-order chi connectivity index (χ1) is 13.2. The molecule has 1 saturated heterocycles. The molecule has 144 valence electrons. The maximum Gasteiger partial charge on any atom is 0.251 e. The van der Waals surface area contributed by atoms with Crippen LogP contribution in [0.15, 0.2) is 42.6 Å². The van der Waals surface area contributed by atoms with Crippen LogP contribution in [0.4, 0.5) is 5.82 Å². The van der Waals surface area contributed by atoms with Gasteiger partial charge in [-0.3, -0.25) is 9.69 Å². The normalized spacial score (nSPS) is 14.7. The number of anilines is 1. The number of benzene rings is 1.